The van der Waals surface area contributed by atoms with E-state index in [0.717, 1.165) is 50.4 Å². The highest BCUT2D eigenvalue weighted by Gasteiger charge is 2.40. The molecule has 0 saturated carbocycles. The van der Waals surface area contributed by atoms with Crippen LogP contribution in [0.4, 0.5) is 5.69 Å². The van der Waals surface area contributed by atoms with Crippen molar-refractivity contribution in [2.24, 2.45) is 5.92 Å². The number of rotatable bonds is 7. The number of carbonyl (C=O) groups excluding carboxylic acids is 1. The lowest BCUT2D eigenvalue weighted by Crippen LogP contribution is -2.36. The molecule has 5 heteroatoms. The Morgan fingerprint density at radius 3 is 2.53 bits per heavy atom. The average Bonchev–Trinajstić information content (AvgIpc) is 3.29. The van der Waals surface area contributed by atoms with Gasteiger partial charge in [0, 0.05) is 43.3 Å². The Morgan fingerprint density at radius 2 is 1.80 bits per heavy atom. The van der Waals surface area contributed by atoms with E-state index in [1.807, 2.05) is 18.0 Å². The van der Waals surface area contributed by atoms with E-state index in [2.05, 4.69) is 71.8 Å². The lowest BCUT2D eigenvalue weighted by molar-refractivity contribution is 0.0779. The zero-order valence-electron chi connectivity index (χ0n) is 18.4. The second kappa shape index (κ2) is 9.19. The molecule has 2 aliphatic heterocycles. The predicted molar refractivity (Wildman–Crippen MR) is 123 cm³/mol. The molecule has 2 aromatic carbocycles. The number of hydrogen-bond acceptors (Lipinski definition) is 4. The first kappa shape index (κ1) is 20.9. The molecule has 2 aromatic rings. The first-order chi connectivity index (χ1) is 14.6. The number of benzene rings is 2. The summed E-state index contributed by atoms with van der Waals surface area (Å²) >= 11 is 0. The van der Waals surface area contributed by atoms with Crippen molar-refractivity contribution in [1.82, 2.24) is 15.1 Å². The summed E-state index contributed by atoms with van der Waals surface area (Å²) in [6.45, 7) is 9.02. The first-order valence-electron chi connectivity index (χ1n) is 11.3. The van der Waals surface area contributed by atoms with Crippen LogP contribution < -0.4 is 10.6 Å². The number of nitrogens with one attached hydrogen (secondary N) is 2. The molecule has 1 amide bonds. The van der Waals surface area contributed by atoms with Crippen LogP contribution in [0.25, 0.3) is 0 Å². The fraction of sp³-hybridized carbons (Fsp3) is 0.480. The lowest BCUT2D eigenvalue weighted by atomic mass is 9.80. The predicted octanol–water partition coefficient (Wildman–Crippen LogP) is 3.92. The van der Waals surface area contributed by atoms with Gasteiger partial charge < -0.3 is 20.4 Å². The van der Waals surface area contributed by atoms with E-state index >= 15 is 0 Å². The molecule has 0 bridgehead atoms. The van der Waals surface area contributed by atoms with Gasteiger partial charge in [-0.15, -0.1) is 0 Å². The van der Waals surface area contributed by atoms with Crippen molar-refractivity contribution < 1.29 is 4.79 Å². The van der Waals surface area contributed by atoms with Gasteiger partial charge in [0.1, 0.15) is 0 Å². The molecule has 30 heavy (non-hydrogen) atoms. The summed E-state index contributed by atoms with van der Waals surface area (Å²) in [6, 6.07) is 17.5. The van der Waals surface area contributed by atoms with E-state index in [1.165, 1.54) is 11.1 Å². The monoisotopic (exact) mass is 406 g/mol. The number of likely N-dealkylation sites (N-methyl/N-ethyl adjacent to an activating group) is 2. The normalized spacial score (nSPS) is 22.3. The van der Waals surface area contributed by atoms with Crippen LogP contribution in [0.2, 0.25) is 0 Å². The van der Waals surface area contributed by atoms with E-state index in [4.69, 9.17) is 0 Å². The Balaban J connectivity index is 1.54. The summed E-state index contributed by atoms with van der Waals surface area (Å²) in [6.07, 6.45) is 1.14. The van der Waals surface area contributed by atoms with Gasteiger partial charge in [-0.25, -0.2) is 0 Å². The van der Waals surface area contributed by atoms with Crippen molar-refractivity contribution in [3.63, 3.8) is 0 Å². The molecule has 5 nitrogen and oxygen atoms in total. The van der Waals surface area contributed by atoms with Gasteiger partial charge in [0.15, 0.2) is 0 Å². The maximum atomic E-state index is 13.1. The minimum absolute atomic E-state index is 0.102. The van der Waals surface area contributed by atoms with E-state index in [9.17, 15) is 4.79 Å². The maximum Gasteiger partial charge on any atom is 0.253 e. The molecule has 3 atom stereocenters. The third-order valence-electron chi connectivity index (χ3n) is 6.79. The van der Waals surface area contributed by atoms with Crippen LogP contribution in [0.1, 0.15) is 53.8 Å². The molecule has 2 heterocycles. The van der Waals surface area contributed by atoms with Crippen molar-refractivity contribution in [3.05, 3.63) is 65.2 Å². The summed E-state index contributed by atoms with van der Waals surface area (Å²) in [5.41, 5.74) is 4.48. The molecule has 1 fully saturated rings. The van der Waals surface area contributed by atoms with E-state index in [1.54, 1.807) is 0 Å². The molecule has 0 aliphatic carbocycles. The van der Waals surface area contributed by atoms with Gasteiger partial charge in [0.05, 0.1) is 6.04 Å². The zero-order chi connectivity index (χ0) is 21.1. The summed E-state index contributed by atoms with van der Waals surface area (Å²) in [5.74, 6) is 0.593. The molecule has 2 aliphatic rings. The highest BCUT2D eigenvalue weighted by atomic mass is 16.2. The molecular weight excluding hydrogens is 372 g/mol. The van der Waals surface area contributed by atoms with Gasteiger partial charge in [0.25, 0.3) is 5.91 Å². The van der Waals surface area contributed by atoms with Gasteiger partial charge >= 0.3 is 0 Å². The van der Waals surface area contributed by atoms with Gasteiger partial charge in [-0.1, -0.05) is 44.2 Å². The van der Waals surface area contributed by atoms with Crippen molar-refractivity contribution >= 4 is 11.6 Å². The topological polar surface area (TPSA) is 47.6 Å². The van der Waals surface area contributed by atoms with Gasteiger partial charge in [0.2, 0.25) is 0 Å². The van der Waals surface area contributed by atoms with Crippen LogP contribution >= 0.6 is 0 Å². The number of nitrogens with zero attached hydrogens (tertiary/aromatic N) is 2. The molecule has 0 radical (unpaired) electrons. The number of hydrogen-bond donors (Lipinski definition) is 2. The van der Waals surface area contributed by atoms with Crippen molar-refractivity contribution in [2.45, 2.75) is 32.4 Å². The molecule has 2 N–H and O–H groups in total. The van der Waals surface area contributed by atoms with Crippen LogP contribution in [-0.4, -0.2) is 55.5 Å². The van der Waals surface area contributed by atoms with E-state index in [-0.39, 0.29) is 5.91 Å². The lowest BCUT2D eigenvalue weighted by Gasteiger charge is -2.37. The third kappa shape index (κ3) is 4.09. The minimum Gasteiger partial charge on any atom is -0.378 e. The molecule has 4 rings (SSSR count). The second-order valence-corrected chi connectivity index (χ2v) is 8.47. The van der Waals surface area contributed by atoms with Crippen molar-refractivity contribution in [1.29, 1.82) is 0 Å². The van der Waals surface area contributed by atoms with Crippen LogP contribution in [0.5, 0.6) is 0 Å². The molecule has 0 aromatic heterocycles. The highest BCUT2D eigenvalue weighted by molar-refractivity contribution is 5.95. The minimum atomic E-state index is 0.102. The smallest absolute Gasteiger partial charge is 0.253 e. The van der Waals surface area contributed by atoms with Crippen LogP contribution in [0.15, 0.2) is 48.5 Å². The average molecular weight is 407 g/mol. The molecule has 1 unspecified atom stereocenters. The number of fused-ring (bicyclic) bond motifs is 3. The first-order valence-corrected chi connectivity index (χ1v) is 11.3. The molecule has 160 valence electrons. The van der Waals surface area contributed by atoms with E-state index < -0.39 is 0 Å². The molecular formula is C25H34N4O. The maximum absolute atomic E-state index is 13.1. The quantitative estimate of drug-likeness (QED) is 0.732. The number of amides is 1. The molecule has 0 spiro atoms. The Hall–Kier alpha value is -2.37. The standard InChI is InChI=1S/C25H34N4O/c1-4-29(5-2)16-15-28(3)25(30)19-11-12-22-21(17-19)24-20(13-14-26-24)23(27-22)18-9-7-6-8-10-18/h6-12,17,20,23-24,26-27H,4-5,13-16H2,1-3H3/t20-,23?,24-/m0/s1. The SMILES string of the molecule is CCN(CC)CCN(C)C(=O)c1ccc2c(c1)[C@H]1NCC[C@H]1C(c1ccccc1)N2. The molecule has 1 saturated heterocycles. The summed E-state index contributed by atoms with van der Waals surface area (Å²) in [7, 11) is 1.91. The van der Waals surface area contributed by atoms with Gasteiger partial charge in [-0.2, -0.15) is 0 Å². The fourth-order valence-electron chi connectivity index (χ4n) is 4.93. The van der Waals surface area contributed by atoms with Crippen molar-refractivity contribution in [2.75, 3.05) is 45.1 Å². The van der Waals surface area contributed by atoms with Crippen LogP contribution in [0.3, 0.4) is 0 Å². The van der Waals surface area contributed by atoms with Crippen LogP contribution in [0, 0.1) is 5.92 Å². The summed E-state index contributed by atoms with van der Waals surface area (Å²) < 4.78 is 0. The zero-order valence-corrected chi connectivity index (χ0v) is 18.4. The Labute approximate surface area is 180 Å². The fourth-order valence-corrected chi connectivity index (χ4v) is 4.93. The summed E-state index contributed by atoms with van der Waals surface area (Å²) in [5, 5.41) is 7.46. The second-order valence-electron chi connectivity index (χ2n) is 8.47. The van der Waals surface area contributed by atoms with Gasteiger partial charge in [-0.3, -0.25) is 4.79 Å². The van der Waals surface area contributed by atoms with Crippen LogP contribution in [-0.2, 0) is 0 Å². The largest absolute Gasteiger partial charge is 0.378 e. The third-order valence-corrected chi connectivity index (χ3v) is 6.79. The van der Waals surface area contributed by atoms with E-state index in [0.29, 0.717) is 18.0 Å². The summed E-state index contributed by atoms with van der Waals surface area (Å²) in [4.78, 5) is 17.3. The Bertz CT molecular complexity index is 865. The van der Waals surface area contributed by atoms with Crippen molar-refractivity contribution in [3.8, 4) is 0 Å². The van der Waals surface area contributed by atoms with Gasteiger partial charge in [-0.05, 0) is 55.4 Å². The Morgan fingerprint density at radius 1 is 1.03 bits per heavy atom. The highest BCUT2D eigenvalue weighted by Crippen LogP contribution is 2.47. The number of anilines is 1. The number of carbonyl (C=O) groups is 1. The Kier molecular flexibility index (Phi) is 6.40.